The Morgan fingerprint density at radius 1 is 1.56 bits per heavy atom. The molecule has 0 heterocycles. The van der Waals surface area contributed by atoms with Crippen molar-refractivity contribution in [3.8, 4) is 0 Å². The lowest BCUT2D eigenvalue weighted by Crippen LogP contribution is -2.53. The van der Waals surface area contributed by atoms with Crippen molar-refractivity contribution in [1.29, 1.82) is 0 Å². The summed E-state index contributed by atoms with van der Waals surface area (Å²) in [5.41, 5.74) is -1.01. The van der Waals surface area contributed by atoms with E-state index in [4.69, 9.17) is 0 Å². The molecule has 2 unspecified atom stereocenters. The number of rotatable bonds is 6. The van der Waals surface area contributed by atoms with Crippen molar-refractivity contribution in [3.05, 3.63) is 0 Å². The maximum absolute atomic E-state index is 11.9. The Hall–Kier alpha value is -0.820. The SMILES string of the molecule is CNC1(C(=O)O)CCCC1CCOCC(F)(F)F. The summed E-state index contributed by atoms with van der Waals surface area (Å²) < 4.78 is 40.1. The number of aliphatic carboxylic acids is 1. The standard InChI is InChI=1S/C11H18F3NO3/c1-15-10(9(16)17)5-2-3-8(10)4-6-18-7-11(12,13)14/h8,15H,2-7H2,1H3,(H,16,17). The fourth-order valence-electron chi connectivity index (χ4n) is 2.60. The van der Waals surface area contributed by atoms with Gasteiger partial charge in [-0.3, -0.25) is 4.79 Å². The zero-order valence-electron chi connectivity index (χ0n) is 10.2. The molecule has 0 spiro atoms. The molecule has 1 aliphatic carbocycles. The molecule has 1 fully saturated rings. The van der Waals surface area contributed by atoms with Crippen molar-refractivity contribution in [2.75, 3.05) is 20.3 Å². The fourth-order valence-corrected chi connectivity index (χ4v) is 2.60. The normalized spacial score (nSPS) is 28.6. The Morgan fingerprint density at radius 3 is 2.72 bits per heavy atom. The average Bonchev–Trinajstić information content (AvgIpc) is 2.67. The van der Waals surface area contributed by atoms with Crippen LogP contribution in [0.25, 0.3) is 0 Å². The van der Waals surface area contributed by atoms with Gasteiger partial charge in [-0.1, -0.05) is 6.42 Å². The maximum Gasteiger partial charge on any atom is 0.411 e. The summed E-state index contributed by atoms with van der Waals surface area (Å²) in [6.45, 7) is -1.35. The highest BCUT2D eigenvalue weighted by molar-refractivity contribution is 5.79. The quantitative estimate of drug-likeness (QED) is 0.722. The van der Waals surface area contributed by atoms with Gasteiger partial charge in [-0.15, -0.1) is 0 Å². The van der Waals surface area contributed by atoms with Crippen molar-refractivity contribution in [2.45, 2.75) is 37.4 Å². The molecule has 0 aliphatic heterocycles. The Labute approximate surface area is 103 Å². The number of hydrogen-bond donors (Lipinski definition) is 2. The van der Waals surface area contributed by atoms with E-state index >= 15 is 0 Å². The van der Waals surface area contributed by atoms with Gasteiger partial charge < -0.3 is 15.2 Å². The van der Waals surface area contributed by atoms with Crippen LogP contribution in [0.5, 0.6) is 0 Å². The third kappa shape index (κ3) is 3.58. The van der Waals surface area contributed by atoms with E-state index in [0.29, 0.717) is 19.3 Å². The number of hydrogen-bond acceptors (Lipinski definition) is 3. The number of nitrogens with one attached hydrogen (secondary N) is 1. The van der Waals surface area contributed by atoms with Gasteiger partial charge in [0.2, 0.25) is 0 Å². The maximum atomic E-state index is 11.9. The highest BCUT2D eigenvalue weighted by atomic mass is 19.4. The number of carbonyl (C=O) groups is 1. The summed E-state index contributed by atoms with van der Waals surface area (Å²) in [6, 6.07) is 0. The minimum atomic E-state index is -4.33. The van der Waals surface area contributed by atoms with Gasteiger partial charge in [0.05, 0.1) is 0 Å². The van der Waals surface area contributed by atoms with Gasteiger partial charge >= 0.3 is 12.1 Å². The number of halogens is 3. The lowest BCUT2D eigenvalue weighted by Gasteiger charge is -2.31. The van der Waals surface area contributed by atoms with Gasteiger partial charge in [-0.2, -0.15) is 13.2 Å². The molecule has 7 heteroatoms. The van der Waals surface area contributed by atoms with Crippen LogP contribution < -0.4 is 5.32 Å². The molecule has 106 valence electrons. The second kappa shape index (κ2) is 5.88. The Kier molecular flexibility index (Phi) is 4.98. The van der Waals surface area contributed by atoms with Crippen LogP contribution in [-0.4, -0.2) is 43.1 Å². The smallest absolute Gasteiger partial charge is 0.411 e. The van der Waals surface area contributed by atoms with Crippen molar-refractivity contribution >= 4 is 5.97 Å². The lowest BCUT2D eigenvalue weighted by atomic mass is 9.85. The number of likely N-dealkylation sites (N-methyl/N-ethyl adjacent to an activating group) is 1. The molecular weight excluding hydrogens is 251 g/mol. The van der Waals surface area contributed by atoms with Crippen LogP contribution in [0.15, 0.2) is 0 Å². The van der Waals surface area contributed by atoms with Crippen LogP contribution in [0.3, 0.4) is 0 Å². The topological polar surface area (TPSA) is 58.6 Å². The van der Waals surface area contributed by atoms with Gasteiger partial charge in [0.15, 0.2) is 0 Å². The van der Waals surface area contributed by atoms with Crippen molar-refractivity contribution in [1.82, 2.24) is 5.32 Å². The molecule has 18 heavy (non-hydrogen) atoms. The number of alkyl halides is 3. The highest BCUT2D eigenvalue weighted by Crippen LogP contribution is 2.38. The third-order valence-electron chi connectivity index (χ3n) is 3.52. The summed E-state index contributed by atoms with van der Waals surface area (Å²) in [6.07, 6.45) is -2.05. The first-order valence-corrected chi connectivity index (χ1v) is 5.88. The lowest BCUT2D eigenvalue weighted by molar-refractivity contribution is -0.175. The zero-order valence-corrected chi connectivity index (χ0v) is 10.2. The molecule has 0 saturated heterocycles. The Balaban J connectivity index is 2.44. The summed E-state index contributed by atoms with van der Waals surface area (Å²) in [5.74, 6) is -1.13. The molecule has 0 radical (unpaired) electrons. The predicted molar refractivity (Wildman–Crippen MR) is 58.3 cm³/mol. The Bertz CT molecular complexity index is 296. The zero-order chi connectivity index (χ0) is 13.8. The van der Waals surface area contributed by atoms with Crippen LogP contribution in [0.4, 0.5) is 13.2 Å². The molecule has 1 saturated carbocycles. The first kappa shape index (κ1) is 15.2. The number of carboxylic acids is 1. The van der Waals surface area contributed by atoms with Gasteiger partial charge in [0.25, 0.3) is 0 Å². The second-order valence-electron chi connectivity index (χ2n) is 4.57. The largest absolute Gasteiger partial charge is 0.480 e. The van der Waals surface area contributed by atoms with E-state index in [2.05, 4.69) is 10.1 Å². The molecule has 2 atom stereocenters. The Morgan fingerprint density at radius 2 is 2.22 bits per heavy atom. The van der Waals surface area contributed by atoms with E-state index in [-0.39, 0.29) is 12.5 Å². The van der Waals surface area contributed by atoms with E-state index in [1.807, 2.05) is 0 Å². The number of carboxylic acid groups (broad SMARTS) is 1. The number of ether oxygens (including phenoxy) is 1. The second-order valence-corrected chi connectivity index (χ2v) is 4.57. The van der Waals surface area contributed by atoms with E-state index in [1.165, 1.54) is 0 Å². The predicted octanol–water partition coefficient (Wildman–Crippen LogP) is 1.80. The molecule has 0 aromatic rings. The van der Waals surface area contributed by atoms with E-state index < -0.39 is 24.3 Å². The van der Waals surface area contributed by atoms with Crippen LogP contribution in [0.2, 0.25) is 0 Å². The van der Waals surface area contributed by atoms with Crippen LogP contribution in [0.1, 0.15) is 25.7 Å². The first-order valence-electron chi connectivity index (χ1n) is 5.88. The minimum absolute atomic E-state index is 0.0686. The molecule has 1 aliphatic rings. The van der Waals surface area contributed by atoms with Crippen LogP contribution >= 0.6 is 0 Å². The van der Waals surface area contributed by atoms with E-state index in [0.717, 1.165) is 6.42 Å². The average molecular weight is 269 g/mol. The van der Waals surface area contributed by atoms with Crippen molar-refractivity contribution in [2.24, 2.45) is 5.92 Å². The van der Waals surface area contributed by atoms with Gasteiger partial charge in [-0.25, -0.2) is 0 Å². The summed E-state index contributed by atoms with van der Waals surface area (Å²) in [4.78, 5) is 11.3. The fraction of sp³-hybridized carbons (Fsp3) is 0.909. The molecule has 1 rings (SSSR count). The molecule has 0 aromatic carbocycles. The molecule has 0 amide bonds. The van der Waals surface area contributed by atoms with Gasteiger partial charge in [0.1, 0.15) is 12.1 Å². The van der Waals surface area contributed by atoms with Crippen molar-refractivity contribution < 1.29 is 27.8 Å². The van der Waals surface area contributed by atoms with E-state index in [1.54, 1.807) is 7.05 Å². The van der Waals surface area contributed by atoms with Gasteiger partial charge in [0, 0.05) is 6.61 Å². The molecular formula is C11H18F3NO3. The van der Waals surface area contributed by atoms with Crippen LogP contribution in [0, 0.1) is 5.92 Å². The molecule has 0 bridgehead atoms. The summed E-state index contributed by atoms with van der Waals surface area (Å²) in [7, 11) is 1.57. The highest BCUT2D eigenvalue weighted by Gasteiger charge is 2.47. The molecule has 2 N–H and O–H groups in total. The third-order valence-corrected chi connectivity index (χ3v) is 3.52. The molecule has 4 nitrogen and oxygen atoms in total. The first-order chi connectivity index (χ1) is 8.32. The summed E-state index contributed by atoms with van der Waals surface area (Å²) >= 11 is 0. The monoisotopic (exact) mass is 269 g/mol. The van der Waals surface area contributed by atoms with Gasteiger partial charge in [-0.05, 0) is 32.2 Å². The minimum Gasteiger partial charge on any atom is -0.480 e. The van der Waals surface area contributed by atoms with Crippen molar-refractivity contribution in [3.63, 3.8) is 0 Å². The van der Waals surface area contributed by atoms with Crippen LogP contribution in [-0.2, 0) is 9.53 Å². The molecule has 0 aromatic heterocycles. The van der Waals surface area contributed by atoms with E-state index in [9.17, 15) is 23.1 Å². The summed E-state index contributed by atoms with van der Waals surface area (Å²) in [5, 5.41) is 12.0.